The zero-order chi connectivity index (χ0) is 17.7. The van der Waals surface area contributed by atoms with Gasteiger partial charge in [0, 0.05) is 33.0 Å². The van der Waals surface area contributed by atoms with Crippen molar-refractivity contribution in [3.8, 4) is 11.5 Å². The van der Waals surface area contributed by atoms with E-state index in [-0.39, 0.29) is 23.2 Å². The summed E-state index contributed by atoms with van der Waals surface area (Å²) in [5.41, 5.74) is 1.60. The molecule has 0 bridgehead atoms. The Labute approximate surface area is 141 Å². The van der Waals surface area contributed by atoms with E-state index in [4.69, 9.17) is 14.2 Å². The predicted molar refractivity (Wildman–Crippen MR) is 87.6 cm³/mol. The number of allylic oxidation sites excluding steroid dienone is 1. The van der Waals surface area contributed by atoms with Crippen molar-refractivity contribution < 1.29 is 29.2 Å². The molecule has 0 amide bonds. The third kappa shape index (κ3) is 4.14. The summed E-state index contributed by atoms with van der Waals surface area (Å²) >= 11 is 0. The molecule has 6 nitrogen and oxygen atoms in total. The van der Waals surface area contributed by atoms with Gasteiger partial charge in [-0.15, -0.1) is 0 Å². The highest BCUT2D eigenvalue weighted by atomic mass is 16.8. The fourth-order valence-corrected chi connectivity index (χ4v) is 2.93. The van der Waals surface area contributed by atoms with E-state index >= 15 is 0 Å². The van der Waals surface area contributed by atoms with Gasteiger partial charge in [0.15, 0.2) is 24.1 Å². The number of aryl methyl sites for hydroxylation is 1. The highest BCUT2D eigenvalue weighted by Gasteiger charge is 2.37. The monoisotopic (exact) mass is 336 g/mol. The molecule has 132 valence electrons. The van der Waals surface area contributed by atoms with Crippen LogP contribution in [0, 0.1) is 5.92 Å². The summed E-state index contributed by atoms with van der Waals surface area (Å²) in [6.45, 7) is 1.86. The summed E-state index contributed by atoms with van der Waals surface area (Å²) in [6, 6.07) is 4.58. The second-order valence-corrected chi connectivity index (χ2v) is 5.74. The first-order valence-corrected chi connectivity index (χ1v) is 7.90. The van der Waals surface area contributed by atoms with Crippen LogP contribution in [0.25, 0.3) is 0 Å². The van der Waals surface area contributed by atoms with Gasteiger partial charge in [-0.05, 0) is 36.6 Å². The van der Waals surface area contributed by atoms with Crippen LogP contribution in [0.4, 0.5) is 0 Å². The quantitative estimate of drug-likeness (QED) is 0.613. The first kappa shape index (κ1) is 18.4. The van der Waals surface area contributed by atoms with Crippen LogP contribution in [-0.4, -0.2) is 42.8 Å². The Morgan fingerprint density at radius 2 is 2.04 bits per heavy atom. The van der Waals surface area contributed by atoms with Crippen molar-refractivity contribution >= 4 is 5.78 Å². The minimum atomic E-state index is -0.583. The van der Waals surface area contributed by atoms with E-state index in [0.717, 1.165) is 11.1 Å². The molecule has 0 spiro atoms. The SMILES string of the molecule is C/C=C1/[C@H](OC)O[C@@H](OC)C[C@@H]1C(=O)CCc1ccc(O)c(O)c1. The lowest BCUT2D eigenvalue weighted by molar-refractivity contribution is -0.237. The van der Waals surface area contributed by atoms with Crippen molar-refractivity contribution in [3.63, 3.8) is 0 Å². The van der Waals surface area contributed by atoms with Crippen LogP contribution in [-0.2, 0) is 25.4 Å². The van der Waals surface area contributed by atoms with Gasteiger partial charge in [0.05, 0.1) is 0 Å². The summed E-state index contributed by atoms with van der Waals surface area (Å²) < 4.78 is 16.2. The third-order valence-corrected chi connectivity index (χ3v) is 4.28. The van der Waals surface area contributed by atoms with E-state index < -0.39 is 12.6 Å². The number of ether oxygens (including phenoxy) is 3. The van der Waals surface area contributed by atoms with Crippen molar-refractivity contribution in [2.24, 2.45) is 5.92 Å². The van der Waals surface area contributed by atoms with E-state index in [2.05, 4.69) is 0 Å². The van der Waals surface area contributed by atoms with E-state index in [9.17, 15) is 15.0 Å². The first-order chi connectivity index (χ1) is 11.5. The van der Waals surface area contributed by atoms with Crippen molar-refractivity contribution in [2.45, 2.75) is 38.8 Å². The Kier molecular flexibility index (Phi) is 6.36. The van der Waals surface area contributed by atoms with Crippen LogP contribution < -0.4 is 0 Å². The van der Waals surface area contributed by atoms with Gasteiger partial charge < -0.3 is 24.4 Å². The van der Waals surface area contributed by atoms with Crippen molar-refractivity contribution in [1.29, 1.82) is 0 Å². The van der Waals surface area contributed by atoms with Gasteiger partial charge >= 0.3 is 0 Å². The molecule has 3 atom stereocenters. The molecule has 1 aliphatic rings. The Morgan fingerprint density at radius 1 is 1.29 bits per heavy atom. The summed E-state index contributed by atoms with van der Waals surface area (Å²) in [5, 5.41) is 18.9. The van der Waals surface area contributed by atoms with E-state index in [1.165, 1.54) is 19.2 Å². The number of carbonyl (C=O) groups is 1. The molecule has 0 radical (unpaired) electrons. The predicted octanol–water partition coefficient (Wildman–Crippen LogP) is 2.53. The Bertz CT molecular complexity index is 610. The zero-order valence-corrected chi connectivity index (χ0v) is 14.2. The molecule has 1 aromatic rings. The average molecular weight is 336 g/mol. The van der Waals surface area contributed by atoms with E-state index in [1.807, 2.05) is 13.0 Å². The van der Waals surface area contributed by atoms with Gasteiger partial charge in [0.1, 0.15) is 5.78 Å². The molecular formula is C18H24O6. The molecule has 0 unspecified atom stereocenters. The maximum absolute atomic E-state index is 12.7. The highest BCUT2D eigenvalue weighted by Crippen LogP contribution is 2.33. The van der Waals surface area contributed by atoms with Gasteiger partial charge in [-0.2, -0.15) is 0 Å². The van der Waals surface area contributed by atoms with Gasteiger partial charge in [-0.25, -0.2) is 0 Å². The van der Waals surface area contributed by atoms with Gasteiger partial charge in [0.25, 0.3) is 0 Å². The number of hydrogen-bond donors (Lipinski definition) is 2. The molecule has 2 rings (SSSR count). The minimum Gasteiger partial charge on any atom is -0.504 e. The fourth-order valence-electron chi connectivity index (χ4n) is 2.93. The number of ketones is 1. The topological polar surface area (TPSA) is 85.2 Å². The molecule has 1 aromatic carbocycles. The average Bonchev–Trinajstić information content (AvgIpc) is 2.60. The molecule has 1 heterocycles. The van der Waals surface area contributed by atoms with Crippen LogP contribution in [0.1, 0.15) is 25.3 Å². The van der Waals surface area contributed by atoms with Gasteiger partial charge in [-0.3, -0.25) is 4.79 Å². The number of benzene rings is 1. The molecule has 1 fully saturated rings. The second-order valence-electron chi connectivity index (χ2n) is 5.74. The zero-order valence-electron chi connectivity index (χ0n) is 14.2. The van der Waals surface area contributed by atoms with Crippen LogP contribution >= 0.6 is 0 Å². The van der Waals surface area contributed by atoms with Crippen molar-refractivity contribution in [2.75, 3.05) is 14.2 Å². The highest BCUT2D eigenvalue weighted by molar-refractivity contribution is 5.84. The number of hydrogen-bond acceptors (Lipinski definition) is 6. The Morgan fingerprint density at radius 3 is 2.62 bits per heavy atom. The van der Waals surface area contributed by atoms with E-state index in [0.29, 0.717) is 19.3 Å². The molecule has 24 heavy (non-hydrogen) atoms. The lowest BCUT2D eigenvalue weighted by atomic mass is 9.85. The summed E-state index contributed by atoms with van der Waals surface area (Å²) in [6.07, 6.45) is 2.05. The number of phenols is 2. The van der Waals surface area contributed by atoms with Crippen LogP contribution in [0.5, 0.6) is 11.5 Å². The van der Waals surface area contributed by atoms with E-state index in [1.54, 1.807) is 13.2 Å². The first-order valence-electron chi connectivity index (χ1n) is 7.90. The van der Waals surface area contributed by atoms with Crippen LogP contribution in [0.2, 0.25) is 0 Å². The van der Waals surface area contributed by atoms with Crippen molar-refractivity contribution in [3.05, 3.63) is 35.4 Å². The lowest BCUT2D eigenvalue weighted by Crippen LogP contribution is -2.40. The minimum absolute atomic E-state index is 0.0723. The maximum Gasteiger partial charge on any atom is 0.183 e. The smallest absolute Gasteiger partial charge is 0.183 e. The van der Waals surface area contributed by atoms with Gasteiger partial charge in [0.2, 0.25) is 0 Å². The largest absolute Gasteiger partial charge is 0.504 e. The molecule has 1 aliphatic heterocycles. The molecule has 1 saturated heterocycles. The number of rotatable bonds is 6. The summed E-state index contributed by atoms with van der Waals surface area (Å²) in [4.78, 5) is 12.7. The number of Topliss-reactive ketones (excluding diaryl/α,β-unsaturated/α-hetero) is 1. The lowest BCUT2D eigenvalue weighted by Gasteiger charge is -2.35. The molecule has 0 aliphatic carbocycles. The number of aromatic hydroxyl groups is 2. The van der Waals surface area contributed by atoms with Crippen LogP contribution in [0.15, 0.2) is 29.8 Å². The molecule has 2 N–H and O–H groups in total. The third-order valence-electron chi connectivity index (χ3n) is 4.28. The molecule has 0 saturated carbocycles. The maximum atomic E-state index is 12.7. The number of phenolic OH excluding ortho intramolecular Hbond substituents is 2. The summed E-state index contributed by atoms with van der Waals surface area (Å²) in [7, 11) is 3.08. The second kappa shape index (κ2) is 8.28. The number of carbonyl (C=O) groups excluding carboxylic acids is 1. The Balaban J connectivity index is 2.06. The standard InChI is InChI=1S/C18H24O6/c1-4-12-13(10-17(22-2)24-18(12)23-3)14(19)7-5-11-6-8-15(20)16(21)9-11/h4,6,8-9,13,17-18,20-21H,5,7,10H2,1-3H3/b12-4+/t13-,17+,18+/m0/s1. The molecule has 6 heteroatoms. The number of methoxy groups -OCH3 is 2. The normalized spacial score (nSPS) is 25.8. The molecule has 0 aromatic heterocycles. The Hall–Kier alpha value is -1.89. The van der Waals surface area contributed by atoms with Crippen molar-refractivity contribution in [1.82, 2.24) is 0 Å². The fraction of sp³-hybridized carbons (Fsp3) is 0.500. The van der Waals surface area contributed by atoms with Crippen LogP contribution in [0.3, 0.4) is 0 Å². The molecular weight excluding hydrogens is 312 g/mol. The van der Waals surface area contributed by atoms with Gasteiger partial charge in [-0.1, -0.05) is 12.1 Å². The summed E-state index contributed by atoms with van der Waals surface area (Å²) in [5.74, 6) is -0.594.